The van der Waals surface area contributed by atoms with Gasteiger partial charge in [0.15, 0.2) is 0 Å². The Morgan fingerprint density at radius 3 is 1.78 bits per heavy atom. The number of hydrogen-bond acceptors (Lipinski definition) is 6. The molecule has 3 aromatic rings. The van der Waals surface area contributed by atoms with Crippen molar-refractivity contribution in [1.29, 1.82) is 0 Å². The fraction of sp³-hybridized carbons (Fsp3) is 0.389. The number of rotatable bonds is 20. The summed E-state index contributed by atoms with van der Waals surface area (Å²) in [5.74, 6) is -2.21. The topological polar surface area (TPSA) is 148 Å². The molecule has 0 radical (unpaired) electrons. The summed E-state index contributed by atoms with van der Waals surface area (Å²) in [7, 11) is 1.56. The first-order valence-electron chi connectivity index (χ1n) is 15.8. The normalized spacial score (nSPS) is 11.8. The van der Waals surface area contributed by atoms with Crippen molar-refractivity contribution < 1.29 is 29.4 Å². The molecule has 2 amide bonds. The highest BCUT2D eigenvalue weighted by Gasteiger charge is 2.36. The van der Waals surface area contributed by atoms with Crippen LogP contribution in [-0.4, -0.2) is 66.7 Å². The largest absolute Gasteiger partial charge is 0.481 e. The van der Waals surface area contributed by atoms with Gasteiger partial charge in [0.05, 0.1) is 5.54 Å². The van der Waals surface area contributed by atoms with E-state index in [0.717, 1.165) is 28.8 Å². The monoisotopic (exact) mass is 630 g/mol. The summed E-state index contributed by atoms with van der Waals surface area (Å²) in [4.78, 5) is 48.5. The standard InChI is InChI=1S/C36H46N4O6/c1-27(41)39-32(35(46)37-2)20-9-10-23-38-36(28-14-5-3-6-15-28,29-16-7-4-8-17-29)30-18-11-19-31(26-30)40(24-12-21-33(42)43)25-13-22-34(44)45/h3-8,11,14-19,26,32,38H,9-10,12-13,20-25H2,1-2H3,(H,37,46)(H,39,41)(H,42,43)(H,44,45)/t32-/m0/s1. The van der Waals surface area contributed by atoms with Gasteiger partial charge >= 0.3 is 11.9 Å². The lowest BCUT2D eigenvalue weighted by Gasteiger charge is -2.38. The predicted octanol–water partition coefficient (Wildman–Crippen LogP) is 4.53. The molecule has 0 saturated carbocycles. The van der Waals surface area contributed by atoms with E-state index in [0.29, 0.717) is 45.3 Å². The van der Waals surface area contributed by atoms with Gasteiger partial charge in [-0.2, -0.15) is 0 Å². The SMILES string of the molecule is CNC(=O)[C@H](CCCCNC(c1ccccc1)(c1ccccc1)c1cccc(N(CCCC(=O)O)CCCC(=O)O)c1)NC(C)=O. The van der Waals surface area contributed by atoms with Crippen LogP contribution in [0.1, 0.15) is 68.6 Å². The highest BCUT2D eigenvalue weighted by molar-refractivity contribution is 5.86. The Bertz CT molecular complexity index is 1360. The highest BCUT2D eigenvalue weighted by Crippen LogP contribution is 2.38. The molecule has 0 bridgehead atoms. The Hall–Kier alpha value is -4.70. The number of aliphatic carboxylic acids is 2. The van der Waals surface area contributed by atoms with Crippen molar-refractivity contribution in [3.05, 3.63) is 102 Å². The number of unbranched alkanes of at least 4 members (excludes halogenated alkanes) is 1. The summed E-state index contributed by atoms with van der Waals surface area (Å²) in [5.41, 5.74) is 3.16. The fourth-order valence-corrected chi connectivity index (χ4v) is 5.77. The number of carbonyl (C=O) groups excluding carboxylic acids is 2. The average molecular weight is 631 g/mol. The van der Waals surface area contributed by atoms with Crippen LogP contribution in [0.5, 0.6) is 0 Å². The summed E-state index contributed by atoms with van der Waals surface area (Å²) < 4.78 is 0. The molecule has 0 spiro atoms. The van der Waals surface area contributed by atoms with Gasteiger partial charge in [-0.15, -0.1) is 0 Å². The molecule has 0 fully saturated rings. The second-order valence-electron chi connectivity index (χ2n) is 11.3. The number of hydrogen-bond donors (Lipinski definition) is 5. The number of carboxylic acids is 2. The van der Waals surface area contributed by atoms with Crippen LogP contribution in [0.2, 0.25) is 0 Å². The molecule has 1 atom stereocenters. The van der Waals surface area contributed by atoms with Crippen LogP contribution < -0.4 is 20.9 Å². The van der Waals surface area contributed by atoms with Gasteiger partial charge in [0.25, 0.3) is 0 Å². The van der Waals surface area contributed by atoms with Gasteiger partial charge in [0.1, 0.15) is 6.04 Å². The van der Waals surface area contributed by atoms with Gasteiger partial charge in [-0.1, -0.05) is 72.8 Å². The molecular formula is C36H46N4O6. The van der Waals surface area contributed by atoms with Crippen molar-refractivity contribution in [3.8, 4) is 0 Å². The number of likely N-dealkylation sites (N-methyl/N-ethyl adjacent to an activating group) is 1. The van der Waals surface area contributed by atoms with Crippen molar-refractivity contribution >= 4 is 29.4 Å². The molecule has 46 heavy (non-hydrogen) atoms. The zero-order valence-corrected chi connectivity index (χ0v) is 26.7. The summed E-state index contributed by atoms with van der Waals surface area (Å²) in [5, 5.41) is 27.7. The van der Waals surface area contributed by atoms with Gasteiger partial charge in [0.2, 0.25) is 11.8 Å². The zero-order chi connectivity index (χ0) is 33.4. The Morgan fingerprint density at radius 2 is 1.28 bits per heavy atom. The second-order valence-corrected chi connectivity index (χ2v) is 11.3. The molecule has 3 aromatic carbocycles. The number of nitrogens with zero attached hydrogens (tertiary/aromatic N) is 1. The maximum Gasteiger partial charge on any atom is 0.303 e. The summed E-state index contributed by atoms with van der Waals surface area (Å²) in [6.45, 7) is 2.97. The smallest absolute Gasteiger partial charge is 0.303 e. The van der Waals surface area contributed by atoms with E-state index in [2.05, 4.69) is 57.2 Å². The van der Waals surface area contributed by atoms with Crippen molar-refractivity contribution in [3.63, 3.8) is 0 Å². The summed E-state index contributed by atoms with van der Waals surface area (Å²) >= 11 is 0. The minimum Gasteiger partial charge on any atom is -0.481 e. The lowest BCUT2D eigenvalue weighted by atomic mass is 9.76. The molecule has 0 aliphatic rings. The molecule has 0 aliphatic carbocycles. The third kappa shape index (κ3) is 10.4. The Kier molecular flexibility index (Phi) is 14.2. The number of amides is 2. The first-order valence-corrected chi connectivity index (χ1v) is 15.8. The zero-order valence-electron chi connectivity index (χ0n) is 26.7. The average Bonchev–Trinajstić information content (AvgIpc) is 3.05. The van der Waals surface area contributed by atoms with Gasteiger partial charge in [-0.05, 0) is 67.5 Å². The van der Waals surface area contributed by atoms with Crippen molar-refractivity contribution in [2.24, 2.45) is 0 Å². The van der Waals surface area contributed by atoms with Crippen LogP contribution >= 0.6 is 0 Å². The van der Waals surface area contributed by atoms with E-state index in [-0.39, 0.29) is 24.7 Å². The van der Waals surface area contributed by atoms with Crippen molar-refractivity contribution in [2.45, 2.75) is 63.5 Å². The second kappa shape index (κ2) is 18.3. The molecule has 10 heteroatoms. The van der Waals surface area contributed by atoms with E-state index < -0.39 is 23.5 Å². The lowest BCUT2D eigenvalue weighted by molar-refractivity contribution is -0.138. The molecule has 0 saturated heterocycles. The van der Waals surface area contributed by atoms with Crippen LogP contribution in [-0.2, 0) is 24.7 Å². The molecule has 5 N–H and O–H groups in total. The maximum atomic E-state index is 12.3. The highest BCUT2D eigenvalue weighted by atomic mass is 16.4. The van der Waals surface area contributed by atoms with E-state index in [4.69, 9.17) is 0 Å². The van der Waals surface area contributed by atoms with Gasteiger partial charge in [-0.25, -0.2) is 0 Å². The van der Waals surface area contributed by atoms with Gasteiger partial charge in [0, 0.05) is 45.6 Å². The number of carboxylic acid groups (broad SMARTS) is 2. The van der Waals surface area contributed by atoms with E-state index in [9.17, 15) is 29.4 Å². The van der Waals surface area contributed by atoms with Crippen LogP contribution in [0.4, 0.5) is 5.69 Å². The van der Waals surface area contributed by atoms with E-state index in [1.807, 2.05) is 48.5 Å². The minimum absolute atomic E-state index is 0.0252. The molecule has 0 heterocycles. The van der Waals surface area contributed by atoms with Crippen LogP contribution in [0, 0.1) is 0 Å². The molecule has 0 unspecified atom stereocenters. The first kappa shape index (κ1) is 35.8. The third-order valence-electron chi connectivity index (χ3n) is 7.95. The Labute approximate surface area is 271 Å². The fourth-order valence-electron chi connectivity index (χ4n) is 5.77. The van der Waals surface area contributed by atoms with Crippen LogP contribution in [0.25, 0.3) is 0 Å². The first-order chi connectivity index (χ1) is 22.2. The number of nitrogens with one attached hydrogen (secondary N) is 3. The predicted molar refractivity (Wildman–Crippen MR) is 179 cm³/mol. The molecular weight excluding hydrogens is 584 g/mol. The molecule has 10 nitrogen and oxygen atoms in total. The minimum atomic E-state index is -0.866. The van der Waals surface area contributed by atoms with Crippen LogP contribution in [0.3, 0.4) is 0 Å². The van der Waals surface area contributed by atoms with Crippen molar-refractivity contribution in [2.75, 3.05) is 31.6 Å². The summed E-state index contributed by atoms with van der Waals surface area (Å²) in [6, 6.07) is 27.8. The Balaban J connectivity index is 1.99. The van der Waals surface area contributed by atoms with E-state index >= 15 is 0 Å². The third-order valence-corrected chi connectivity index (χ3v) is 7.95. The van der Waals surface area contributed by atoms with E-state index in [1.54, 1.807) is 7.05 Å². The maximum absolute atomic E-state index is 12.3. The molecule has 3 rings (SSSR count). The van der Waals surface area contributed by atoms with Gasteiger partial charge < -0.3 is 25.7 Å². The Morgan fingerprint density at radius 1 is 0.739 bits per heavy atom. The van der Waals surface area contributed by atoms with Gasteiger partial charge in [-0.3, -0.25) is 24.5 Å². The lowest BCUT2D eigenvalue weighted by Crippen LogP contribution is -2.46. The van der Waals surface area contributed by atoms with Crippen LogP contribution in [0.15, 0.2) is 84.9 Å². The summed E-state index contributed by atoms with van der Waals surface area (Å²) in [6.07, 6.45) is 2.86. The number of anilines is 1. The molecule has 246 valence electrons. The molecule has 0 aromatic heterocycles. The van der Waals surface area contributed by atoms with Crippen molar-refractivity contribution in [1.82, 2.24) is 16.0 Å². The quantitative estimate of drug-likeness (QED) is 0.0904. The number of carbonyl (C=O) groups is 4. The van der Waals surface area contributed by atoms with E-state index in [1.165, 1.54) is 6.92 Å². The molecule has 0 aliphatic heterocycles. The number of benzene rings is 3.